The van der Waals surface area contributed by atoms with Crippen molar-refractivity contribution in [2.75, 3.05) is 25.5 Å². The Bertz CT molecular complexity index is 555. The fourth-order valence-electron chi connectivity index (χ4n) is 2.41. The van der Waals surface area contributed by atoms with Crippen LogP contribution in [0.3, 0.4) is 0 Å². The Hall–Kier alpha value is -1.35. The Kier molecular flexibility index (Phi) is 9.81. The molecule has 0 aromatic heterocycles. The highest BCUT2D eigenvalue weighted by atomic mass is 127. The van der Waals surface area contributed by atoms with Gasteiger partial charge in [0, 0.05) is 38.3 Å². The molecule has 1 amide bonds. The first-order valence-corrected chi connectivity index (χ1v) is 8.54. The predicted molar refractivity (Wildman–Crippen MR) is 113 cm³/mol. The van der Waals surface area contributed by atoms with Gasteiger partial charge in [0.1, 0.15) is 0 Å². The molecular formula is C18H29IN4O2. The zero-order valence-corrected chi connectivity index (χ0v) is 17.5. The van der Waals surface area contributed by atoms with Crippen LogP contribution in [-0.2, 0) is 16.1 Å². The summed E-state index contributed by atoms with van der Waals surface area (Å²) in [6.45, 7) is 6.06. The number of anilines is 1. The number of halogens is 1. The quantitative estimate of drug-likeness (QED) is 0.347. The summed E-state index contributed by atoms with van der Waals surface area (Å²) in [4.78, 5) is 15.9. The molecule has 0 bridgehead atoms. The minimum absolute atomic E-state index is 0. The number of guanidine groups is 1. The number of aliphatic imine (C=N–C) groups is 1. The highest BCUT2D eigenvalue weighted by Gasteiger charge is 2.15. The van der Waals surface area contributed by atoms with Crippen LogP contribution in [0.15, 0.2) is 29.3 Å². The maximum atomic E-state index is 11.7. The molecule has 0 spiro atoms. The molecule has 1 saturated heterocycles. The second-order valence-electron chi connectivity index (χ2n) is 6.28. The van der Waals surface area contributed by atoms with Crippen LogP contribution in [0.1, 0.15) is 32.3 Å². The van der Waals surface area contributed by atoms with E-state index in [1.807, 2.05) is 38.1 Å². The molecule has 0 saturated carbocycles. The van der Waals surface area contributed by atoms with Crippen LogP contribution in [0.4, 0.5) is 5.69 Å². The van der Waals surface area contributed by atoms with Crippen LogP contribution in [-0.4, -0.2) is 38.2 Å². The lowest BCUT2D eigenvalue weighted by Gasteiger charge is -2.15. The molecule has 1 aliphatic heterocycles. The average molecular weight is 460 g/mol. The summed E-state index contributed by atoms with van der Waals surface area (Å²) in [5.41, 5.74) is 1.94. The first-order valence-electron chi connectivity index (χ1n) is 8.54. The van der Waals surface area contributed by atoms with Gasteiger partial charge in [0.15, 0.2) is 5.96 Å². The van der Waals surface area contributed by atoms with Gasteiger partial charge < -0.3 is 20.7 Å². The maximum Gasteiger partial charge on any atom is 0.226 e. The first kappa shape index (κ1) is 21.7. The predicted octanol–water partition coefficient (Wildman–Crippen LogP) is 2.74. The summed E-state index contributed by atoms with van der Waals surface area (Å²) in [5.74, 6) is 0.770. The summed E-state index contributed by atoms with van der Waals surface area (Å²) < 4.78 is 5.59. The summed E-state index contributed by atoms with van der Waals surface area (Å²) in [7, 11) is 1.76. The molecule has 25 heavy (non-hydrogen) atoms. The molecule has 1 atom stereocenters. The van der Waals surface area contributed by atoms with Gasteiger partial charge in [-0.15, -0.1) is 24.0 Å². The monoisotopic (exact) mass is 460 g/mol. The lowest BCUT2D eigenvalue weighted by Crippen LogP contribution is -2.40. The van der Waals surface area contributed by atoms with Gasteiger partial charge in [-0.05, 0) is 30.5 Å². The van der Waals surface area contributed by atoms with E-state index >= 15 is 0 Å². The normalized spacial score (nSPS) is 17.1. The van der Waals surface area contributed by atoms with E-state index in [9.17, 15) is 4.79 Å². The third-order valence-corrected chi connectivity index (χ3v) is 3.95. The Morgan fingerprint density at radius 2 is 2.00 bits per heavy atom. The summed E-state index contributed by atoms with van der Waals surface area (Å²) in [6.07, 6.45) is 2.53. The van der Waals surface area contributed by atoms with E-state index in [0.717, 1.165) is 43.2 Å². The van der Waals surface area contributed by atoms with Gasteiger partial charge >= 0.3 is 0 Å². The Morgan fingerprint density at radius 3 is 2.56 bits per heavy atom. The SMILES string of the molecule is CN=C(NCc1ccc(NC(=O)C(C)C)cc1)NCC1CCCO1.I. The number of hydrogen-bond donors (Lipinski definition) is 3. The standard InChI is InChI=1S/C18H28N4O2.HI/c1-13(2)17(23)22-15-8-6-14(7-9-15)11-20-18(19-3)21-12-16-5-4-10-24-16;/h6-9,13,16H,4-5,10-12H2,1-3H3,(H,22,23)(H2,19,20,21);1H. The molecule has 7 heteroatoms. The van der Waals surface area contributed by atoms with Crippen molar-refractivity contribution in [1.82, 2.24) is 10.6 Å². The Labute approximate surface area is 167 Å². The summed E-state index contributed by atoms with van der Waals surface area (Å²) in [5, 5.41) is 9.46. The van der Waals surface area contributed by atoms with E-state index in [2.05, 4.69) is 20.9 Å². The van der Waals surface area contributed by atoms with Crippen molar-refractivity contribution in [1.29, 1.82) is 0 Å². The lowest BCUT2D eigenvalue weighted by atomic mass is 10.1. The van der Waals surface area contributed by atoms with Crippen molar-refractivity contribution in [2.45, 2.75) is 39.3 Å². The molecule has 0 radical (unpaired) electrons. The highest BCUT2D eigenvalue weighted by molar-refractivity contribution is 14.0. The number of nitrogens with zero attached hydrogens (tertiary/aromatic N) is 1. The fraction of sp³-hybridized carbons (Fsp3) is 0.556. The van der Waals surface area contributed by atoms with E-state index in [1.54, 1.807) is 7.05 Å². The fourth-order valence-corrected chi connectivity index (χ4v) is 2.41. The number of carbonyl (C=O) groups excluding carboxylic acids is 1. The molecule has 1 aliphatic rings. The molecule has 140 valence electrons. The van der Waals surface area contributed by atoms with Gasteiger partial charge in [-0.1, -0.05) is 26.0 Å². The molecule has 3 N–H and O–H groups in total. The minimum atomic E-state index is -0.0235. The molecule has 0 aliphatic carbocycles. The summed E-state index contributed by atoms with van der Waals surface area (Å²) in [6, 6.07) is 7.83. The van der Waals surface area contributed by atoms with E-state index in [4.69, 9.17) is 4.74 Å². The number of nitrogens with one attached hydrogen (secondary N) is 3. The van der Waals surface area contributed by atoms with Crippen LogP contribution < -0.4 is 16.0 Å². The Morgan fingerprint density at radius 1 is 1.28 bits per heavy atom. The summed E-state index contributed by atoms with van der Waals surface area (Å²) >= 11 is 0. The second-order valence-corrected chi connectivity index (χ2v) is 6.28. The van der Waals surface area contributed by atoms with Gasteiger partial charge in [-0.2, -0.15) is 0 Å². The molecule has 6 nitrogen and oxygen atoms in total. The third-order valence-electron chi connectivity index (χ3n) is 3.95. The van der Waals surface area contributed by atoms with Crippen molar-refractivity contribution >= 4 is 41.5 Å². The largest absolute Gasteiger partial charge is 0.376 e. The van der Waals surface area contributed by atoms with E-state index in [-0.39, 0.29) is 41.9 Å². The van der Waals surface area contributed by atoms with Crippen LogP contribution in [0.2, 0.25) is 0 Å². The second kappa shape index (κ2) is 11.3. The van der Waals surface area contributed by atoms with Crippen LogP contribution >= 0.6 is 24.0 Å². The third kappa shape index (κ3) is 7.60. The van der Waals surface area contributed by atoms with Gasteiger partial charge in [0.2, 0.25) is 5.91 Å². The molecule has 1 unspecified atom stereocenters. The van der Waals surface area contributed by atoms with Crippen molar-refractivity contribution in [3.05, 3.63) is 29.8 Å². The van der Waals surface area contributed by atoms with Gasteiger partial charge in [-0.25, -0.2) is 0 Å². The van der Waals surface area contributed by atoms with Crippen LogP contribution in [0.5, 0.6) is 0 Å². The zero-order chi connectivity index (χ0) is 17.4. The van der Waals surface area contributed by atoms with E-state index < -0.39 is 0 Å². The zero-order valence-electron chi connectivity index (χ0n) is 15.2. The first-order chi connectivity index (χ1) is 11.6. The molecule has 1 fully saturated rings. The number of benzene rings is 1. The number of amides is 1. The number of rotatable bonds is 6. The van der Waals surface area contributed by atoms with E-state index in [0.29, 0.717) is 6.54 Å². The molecule has 1 heterocycles. The molecule has 2 rings (SSSR count). The molecular weight excluding hydrogens is 431 g/mol. The van der Waals surface area contributed by atoms with Crippen molar-refractivity contribution < 1.29 is 9.53 Å². The molecule has 1 aromatic carbocycles. The maximum absolute atomic E-state index is 11.7. The minimum Gasteiger partial charge on any atom is -0.376 e. The number of hydrogen-bond acceptors (Lipinski definition) is 3. The lowest BCUT2D eigenvalue weighted by molar-refractivity contribution is -0.118. The average Bonchev–Trinajstić information content (AvgIpc) is 3.09. The van der Waals surface area contributed by atoms with Crippen molar-refractivity contribution in [3.63, 3.8) is 0 Å². The number of ether oxygens (including phenoxy) is 1. The van der Waals surface area contributed by atoms with Crippen LogP contribution in [0.25, 0.3) is 0 Å². The Balaban J connectivity index is 0.00000312. The van der Waals surface area contributed by atoms with Gasteiger partial charge in [0.05, 0.1) is 6.10 Å². The molecule has 1 aromatic rings. The topological polar surface area (TPSA) is 74.8 Å². The number of carbonyl (C=O) groups is 1. The van der Waals surface area contributed by atoms with Gasteiger partial charge in [0.25, 0.3) is 0 Å². The van der Waals surface area contributed by atoms with Crippen molar-refractivity contribution in [3.8, 4) is 0 Å². The van der Waals surface area contributed by atoms with E-state index in [1.165, 1.54) is 0 Å². The van der Waals surface area contributed by atoms with Crippen molar-refractivity contribution in [2.24, 2.45) is 10.9 Å². The highest BCUT2D eigenvalue weighted by Crippen LogP contribution is 2.11. The van der Waals surface area contributed by atoms with Crippen LogP contribution in [0, 0.1) is 5.92 Å². The van der Waals surface area contributed by atoms with Gasteiger partial charge in [-0.3, -0.25) is 9.79 Å². The smallest absolute Gasteiger partial charge is 0.226 e.